The molecule has 5 heteroatoms. The summed E-state index contributed by atoms with van der Waals surface area (Å²) in [7, 11) is 2.17. The van der Waals surface area contributed by atoms with Gasteiger partial charge in [-0.15, -0.1) is 0 Å². The highest BCUT2D eigenvalue weighted by molar-refractivity contribution is 6.31. The Bertz CT molecular complexity index is 599. The van der Waals surface area contributed by atoms with E-state index in [1.165, 1.54) is 19.4 Å². The second-order valence-corrected chi connectivity index (χ2v) is 6.38. The molecule has 1 unspecified atom stereocenters. The molecule has 1 aromatic carbocycles. The number of benzene rings is 1. The summed E-state index contributed by atoms with van der Waals surface area (Å²) in [4.78, 5) is 2.37. The second-order valence-electron chi connectivity index (χ2n) is 6.03. The number of rotatable bonds is 5. The van der Waals surface area contributed by atoms with Gasteiger partial charge in [0.15, 0.2) is 10.9 Å². The average Bonchev–Trinajstić information content (AvgIpc) is 2.87. The molecule has 2 heterocycles. The lowest BCUT2D eigenvalue weighted by molar-refractivity contribution is 0.190. The molecule has 0 spiro atoms. The lowest BCUT2D eigenvalue weighted by Gasteiger charge is -2.29. The molecule has 1 atom stereocenters. The van der Waals surface area contributed by atoms with Gasteiger partial charge in [-0.3, -0.25) is 4.68 Å². The van der Waals surface area contributed by atoms with Crippen molar-refractivity contribution < 1.29 is 4.74 Å². The third kappa shape index (κ3) is 3.81. The van der Waals surface area contributed by atoms with Gasteiger partial charge in [0.2, 0.25) is 0 Å². The summed E-state index contributed by atoms with van der Waals surface area (Å²) in [6.45, 7) is 3.67. The number of aromatic nitrogens is 2. The summed E-state index contributed by atoms with van der Waals surface area (Å²) in [6, 6.07) is 10.1. The number of piperidine rings is 1. The molecule has 2 aromatic rings. The van der Waals surface area contributed by atoms with E-state index < -0.39 is 0 Å². The first-order chi connectivity index (χ1) is 10.7. The zero-order valence-corrected chi connectivity index (χ0v) is 13.7. The van der Waals surface area contributed by atoms with Crippen LogP contribution in [0.4, 0.5) is 0 Å². The highest BCUT2D eigenvalue weighted by Gasteiger charge is 2.20. The van der Waals surface area contributed by atoms with E-state index in [9.17, 15) is 0 Å². The van der Waals surface area contributed by atoms with Gasteiger partial charge >= 0.3 is 0 Å². The molecule has 0 N–H and O–H groups in total. The molecule has 0 radical (unpaired) electrons. The third-order valence-corrected chi connectivity index (χ3v) is 4.52. The molecular weight excluding hydrogens is 298 g/mol. The summed E-state index contributed by atoms with van der Waals surface area (Å²) < 4.78 is 7.65. The minimum atomic E-state index is 0.512. The Labute approximate surface area is 136 Å². The van der Waals surface area contributed by atoms with Crippen LogP contribution in [0, 0.1) is 5.92 Å². The lowest BCUT2D eigenvalue weighted by atomic mass is 9.99. The topological polar surface area (TPSA) is 30.3 Å². The van der Waals surface area contributed by atoms with Gasteiger partial charge in [0.05, 0.1) is 6.20 Å². The van der Waals surface area contributed by atoms with Crippen LogP contribution in [0.25, 0.3) is 0 Å². The molecule has 1 aliphatic heterocycles. The van der Waals surface area contributed by atoms with E-state index in [4.69, 9.17) is 16.3 Å². The number of nitrogens with zero attached hydrogens (tertiary/aromatic N) is 3. The predicted molar refractivity (Wildman–Crippen MR) is 88.2 cm³/mol. The largest absolute Gasteiger partial charge is 0.484 e. The van der Waals surface area contributed by atoms with Gasteiger partial charge in [0.25, 0.3) is 0 Å². The van der Waals surface area contributed by atoms with Crippen LogP contribution in [0.1, 0.15) is 18.4 Å². The van der Waals surface area contributed by atoms with Gasteiger partial charge in [-0.05, 0) is 37.9 Å². The summed E-state index contributed by atoms with van der Waals surface area (Å²) in [5.74, 6) is 1.27. The molecule has 0 saturated carbocycles. The number of hydrogen-bond donors (Lipinski definition) is 0. The van der Waals surface area contributed by atoms with Crippen LogP contribution in [0.2, 0.25) is 5.15 Å². The van der Waals surface area contributed by atoms with E-state index >= 15 is 0 Å². The minimum absolute atomic E-state index is 0.512. The maximum Gasteiger partial charge on any atom is 0.176 e. The Balaban J connectivity index is 1.59. The highest BCUT2D eigenvalue weighted by atomic mass is 35.5. The van der Waals surface area contributed by atoms with E-state index in [1.807, 2.05) is 35.0 Å². The quantitative estimate of drug-likeness (QED) is 0.845. The van der Waals surface area contributed by atoms with E-state index in [-0.39, 0.29) is 0 Å². The maximum atomic E-state index is 6.41. The standard InChI is InChI=1S/C17H22ClN3O/c1-20-9-5-8-15(11-20)12-21-17(18)16(10-19-21)22-13-14-6-3-2-4-7-14/h2-4,6-7,10,15H,5,8-9,11-13H2,1H3. The fraction of sp³-hybridized carbons (Fsp3) is 0.471. The van der Waals surface area contributed by atoms with Crippen LogP contribution in [0.15, 0.2) is 36.5 Å². The minimum Gasteiger partial charge on any atom is -0.484 e. The van der Waals surface area contributed by atoms with Gasteiger partial charge in [0.1, 0.15) is 6.61 Å². The lowest BCUT2D eigenvalue weighted by Crippen LogP contribution is -2.34. The van der Waals surface area contributed by atoms with Crippen molar-refractivity contribution in [1.82, 2.24) is 14.7 Å². The van der Waals surface area contributed by atoms with Crippen molar-refractivity contribution in [3.8, 4) is 5.75 Å². The van der Waals surface area contributed by atoms with E-state index in [0.717, 1.165) is 18.7 Å². The first-order valence-electron chi connectivity index (χ1n) is 7.79. The van der Waals surface area contributed by atoms with Crippen molar-refractivity contribution in [2.24, 2.45) is 5.92 Å². The Hall–Kier alpha value is -1.52. The number of halogens is 1. The van der Waals surface area contributed by atoms with Gasteiger partial charge in [-0.2, -0.15) is 5.10 Å². The molecule has 1 aromatic heterocycles. The first-order valence-corrected chi connectivity index (χ1v) is 8.17. The van der Waals surface area contributed by atoms with Crippen molar-refractivity contribution in [2.45, 2.75) is 26.0 Å². The van der Waals surface area contributed by atoms with Crippen LogP contribution in [-0.4, -0.2) is 34.8 Å². The van der Waals surface area contributed by atoms with Crippen molar-refractivity contribution in [2.75, 3.05) is 20.1 Å². The summed E-state index contributed by atoms with van der Waals surface area (Å²) >= 11 is 6.41. The monoisotopic (exact) mass is 319 g/mol. The van der Waals surface area contributed by atoms with Gasteiger partial charge in [-0.25, -0.2) is 0 Å². The molecule has 0 amide bonds. The maximum absolute atomic E-state index is 6.41. The normalized spacial score (nSPS) is 19.3. The Morgan fingerprint density at radius 3 is 2.91 bits per heavy atom. The first kappa shape index (κ1) is 15.4. The highest BCUT2D eigenvalue weighted by Crippen LogP contribution is 2.27. The van der Waals surface area contributed by atoms with Crippen molar-refractivity contribution in [1.29, 1.82) is 0 Å². The molecule has 1 aliphatic rings. The summed E-state index contributed by atoms with van der Waals surface area (Å²) in [6.07, 6.45) is 4.20. The SMILES string of the molecule is CN1CCCC(Cn2ncc(OCc3ccccc3)c2Cl)C1. The Kier molecular flexibility index (Phi) is 5.01. The van der Waals surface area contributed by atoms with E-state index in [0.29, 0.717) is 23.4 Å². The fourth-order valence-corrected chi connectivity index (χ4v) is 3.20. The van der Waals surface area contributed by atoms with Crippen molar-refractivity contribution in [3.05, 3.63) is 47.2 Å². The van der Waals surface area contributed by atoms with Gasteiger partial charge in [0, 0.05) is 13.1 Å². The van der Waals surface area contributed by atoms with Crippen LogP contribution >= 0.6 is 11.6 Å². The van der Waals surface area contributed by atoms with Crippen LogP contribution in [0.3, 0.4) is 0 Å². The van der Waals surface area contributed by atoms with Gasteiger partial charge < -0.3 is 9.64 Å². The van der Waals surface area contributed by atoms with E-state index in [2.05, 4.69) is 17.0 Å². The zero-order chi connectivity index (χ0) is 15.4. The molecule has 118 valence electrons. The van der Waals surface area contributed by atoms with Crippen LogP contribution < -0.4 is 4.74 Å². The van der Waals surface area contributed by atoms with Gasteiger partial charge in [-0.1, -0.05) is 41.9 Å². The molecule has 4 nitrogen and oxygen atoms in total. The summed E-state index contributed by atoms with van der Waals surface area (Å²) in [5, 5.41) is 4.99. The molecule has 22 heavy (non-hydrogen) atoms. The smallest absolute Gasteiger partial charge is 0.176 e. The molecule has 0 aliphatic carbocycles. The Morgan fingerprint density at radius 2 is 2.14 bits per heavy atom. The molecular formula is C17H22ClN3O. The number of likely N-dealkylation sites (tertiary alicyclic amines) is 1. The second kappa shape index (κ2) is 7.16. The van der Waals surface area contributed by atoms with Crippen LogP contribution in [0.5, 0.6) is 5.75 Å². The van der Waals surface area contributed by atoms with Crippen molar-refractivity contribution >= 4 is 11.6 Å². The average molecular weight is 320 g/mol. The van der Waals surface area contributed by atoms with E-state index in [1.54, 1.807) is 6.20 Å². The van der Waals surface area contributed by atoms with Crippen LogP contribution in [-0.2, 0) is 13.2 Å². The molecule has 1 fully saturated rings. The molecule has 0 bridgehead atoms. The fourth-order valence-electron chi connectivity index (χ4n) is 2.98. The Morgan fingerprint density at radius 1 is 1.32 bits per heavy atom. The zero-order valence-electron chi connectivity index (χ0n) is 12.9. The predicted octanol–water partition coefficient (Wildman–Crippen LogP) is 3.46. The molecule has 3 rings (SSSR count). The number of hydrogen-bond acceptors (Lipinski definition) is 3. The third-order valence-electron chi connectivity index (χ3n) is 4.13. The molecule has 1 saturated heterocycles. The number of ether oxygens (including phenoxy) is 1. The summed E-state index contributed by atoms with van der Waals surface area (Å²) in [5.41, 5.74) is 1.13. The van der Waals surface area contributed by atoms with Crippen molar-refractivity contribution in [3.63, 3.8) is 0 Å².